The second-order valence-corrected chi connectivity index (χ2v) is 7.55. The van der Waals surface area contributed by atoms with Gasteiger partial charge in [0.2, 0.25) is 0 Å². The first-order valence-electron chi connectivity index (χ1n) is 8.78. The highest BCUT2D eigenvalue weighted by atomic mass is 32.1. The number of hydrogen-bond acceptors (Lipinski definition) is 5. The predicted molar refractivity (Wildman–Crippen MR) is 103 cm³/mol. The molecule has 1 aliphatic rings. The van der Waals surface area contributed by atoms with Gasteiger partial charge >= 0.3 is 0 Å². The summed E-state index contributed by atoms with van der Waals surface area (Å²) in [6, 6.07) is 13.2. The summed E-state index contributed by atoms with van der Waals surface area (Å²) >= 11 is 1.53. The number of piperazine rings is 1. The van der Waals surface area contributed by atoms with Gasteiger partial charge in [0.05, 0.1) is 6.26 Å². The van der Waals surface area contributed by atoms with Crippen LogP contribution < -0.4 is 0 Å². The average molecular weight is 381 g/mol. The van der Waals surface area contributed by atoms with Gasteiger partial charge in [-0.1, -0.05) is 30.3 Å². The van der Waals surface area contributed by atoms with E-state index in [1.165, 1.54) is 17.6 Å². The molecule has 1 saturated heterocycles. The number of furan rings is 1. The first-order chi connectivity index (χ1) is 13.1. The summed E-state index contributed by atoms with van der Waals surface area (Å²) < 4.78 is 5.17. The molecular formula is C20H19N3O3S. The van der Waals surface area contributed by atoms with Crippen LogP contribution in [-0.2, 0) is 0 Å². The number of aryl methyl sites for hydroxylation is 1. The predicted octanol–water partition coefficient (Wildman–Crippen LogP) is 3.31. The molecule has 2 amide bonds. The van der Waals surface area contributed by atoms with Crippen LogP contribution in [0.2, 0.25) is 0 Å². The SMILES string of the molecule is Cc1sc(-c2ccccc2)nc1C(=O)N1CCN(C(=O)c2ccco2)CC1. The van der Waals surface area contributed by atoms with Crippen LogP contribution in [0.15, 0.2) is 53.1 Å². The summed E-state index contributed by atoms with van der Waals surface area (Å²) in [5.74, 6) is 0.122. The van der Waals surface area contributed by atoms with Crippen LogP contribution in [0.5, 0.6) is 0 Å². The molecule has 3 aromatic rings. The summed E-state index contributed by atoms with van der Waals surface area (Å²) in [6.07, 6.45) is 1.49. The lowest BCUT2D eigenvalue weighted by atomic mass is 10.2. The molecule has 0 saturated carbocycles. The molecule has 6 nitrogen and oxygen atoms in total. The van der Waals surface area contributed by atoms with Crippen molar-refractivity contribution in [1.29, 1.82) is 0 Å². The minimum Gasteiger partial charge on any atom is -0.459 e. The lowest BCUT2D eigenvalue weighted by Gasteiger charge is -2.34. The highest BCUT2D eigenvalue weighted by Crippen LogP contribution is 2.28. The molecule has 0 aliphatic carbocycles. The Hall–Kier alpha value is -2.93. The summed E-state index contributed by atoms with van der Waals surface area (Å²) in [6.45, 7) is 3.87. The maximum absolute atomic E-state index is 12.9. The van der Waals surface area contributed by atoms with E-state index in [4.69, 9.17) is 4.42 Å². The van der Waals surface area contributed by atoms with E-state index in [1.807, 2.05) is 37.3 Å². The van der Waals surface area contributed by atoms with E-state index in [1.54, 1.807) is 21.9 Å². The quantitative estimate of drug-likeness (QED) is 0.698. The maximum atomic E-state index is 12.9. The number of carbonyl (C=O) groups excluding carboxylic acids is 2. The third-order valence-electron chi connectivity index (χ3n) is 4.61. The molecule has 1 aromatic carbocycles. The van der Waals surface area contributed by atoms with Crippen molar-refractivity contribution in [2.24, 2.45) is 0 Å². The molecule has 7 heteroatoms. The third kappa shape index (κ3) is 3.50. The maximum Gasteiger partial charge on any atom is 0.289 e. The largest absolute Gasteiger partial charge is 0.459 e. The minimum atomic E-state index is -0.136. The minimum absolute atomic E-state index is 0.0731. The van der Waals surface area contributed by atoms with Crippen LogP contribution in [0.25, 0.3) is 10.6 Å². The second-order valence-electron chi connectivity index (χ2n) is 6.35. The molecule has 1 aliphatic heterocycles. The Morgan fingerprint density at radius 2 is 1.63 bits per heavy atom. The molecule has 4 rings (SSSR count). The molecule has 2 aromatic heterocycles. The van der Waals surface area contributed by atoms with Gasteiger partial charge in [-0.05, 0) is 19.1 Å². The molecule has 27 heavy (non-hydrogen) atoms. The van der Waals surface area contributed by atoms with Gasteiger partial charge in [0, 0.05) is 36.6 Å². The molecule has 0 atom stereocenters. The molecule has 1 fully saturated rings. The van der Waals surface area contributed by atoms with Crippen molar-refractivity contribution in [3.63, 3.8) is 0 Å². The number of aromatic nitrogens is 1. The number of amides is 2. The van der Waals surface area contributed by atoms with Crippen molar-refractivity contribution in [3.8, 4) is 10.6 Å². The zero-order valence-corrected chi connectivity index (χ0v) is 15.7. The van der Waals surface area contributed by atoms with Crippen LogP contribution in [0.3, 0.4) is 0 Å². The topological polar surface area (TPSA) is 66.7 Å². The average Bonchev–Trinajstić information content (AvgIpc) is 3.38. The van der Waals surface area contributed by atoms with Crippen molar-refractivity contribution >= 4 is 23.2 Å². The Balaban J connectivity index is 1.44. The monoisotopic (exact) mass is 381 g/mol. The zero-order valence-electron chi connectivity index (χ0n) is 14.9. The smallest absolute Gasteiger partial charge is 0.289 e. The third-order valence-corrected chi connectivity index (χ3v) is 5.63. The van der Waals surface area contributed by atoms with Crippen molar-refractivity contribution in [2.45, 2.75) is 6.92 Å². The Labute approximate surface area is 161 Å². The number of thiazole rings is 1. The van der Waals surface area contributed by atoms with Crippen molar-refractivity contribution in [3.05, 3.63) is 65.1 Å². The highest BCUT2D eigenvalue weighted by molar-refractivity contribution is 7.15. The molecular weight excluding hydrogens is 362 g/mol. The Bertz CT molecular complexity index is 942. The fraction of sp³-hybridized carbons (Fsp3) is 0.250. The molecule has 0 N–H and O–H groups in total. The molecule has 0 bridgehead atoms. The molecule has 0 unspecified atom stereocenters. The van der Waals surface area contributed by atoms with Crippen LogP contribution in [-0.4, -0.2) is 52.8 Å². The zero-order chi connectivity index (χ0) is 18.8. The van der Waals surface area contributed by atoms with E-state index in [2.05, 4.69) is 4.98 Å². The van der Waals surface area contributed by atoms with Gasteiger partial charge in [0.1, 0.15) is 10.7 Å². The normalized spacial score (nSPS) is 14.4. The van der Waals surface area contributed by atoms with Crippen LogP contribution in [0, 0.1) is 6.92 Å². The van der Waals surface area contributed by atoms with E-state index in [-0.39, 0.29) is 11.8 Å². The van der Waals surface area contributed by atoms with Crippen molar-refractivity contribution in [1.82, 2.24) is 14.8 Å². The van der Waals surface area contributed by atoms with Gasteiger partial charge in [0.25, 0.3) is 11.8 Å². The van der Waals surface area contributed by atoms with Crippen LogP contribution in [0.1, 0.15) is 25.9 Å². The summed E-state index contributed by atoms with van der Waals surface area (Å²) in [7, 11) is 0. The number of nitrogens with zero attached hydrogens (tertiary/aromatic N) is 3. The van der Waals surface area contributed by atoms with Crippen LogP contribution >= 0.6 is 11.3 Å². The van der Waals surface area contributed by atoms with Crippen molar-refractivity contribution < 1.29 is 14.0 Å². The number of hydrogen-bond donors (Lipinski definition) is 0. The summed E-state index contributed by atoms with van der Waals surface area (Å²) in [5, 5.41) is 0.850. The number of rotatable bonds is 3. The number of carbonyl (C=O) groups is 2. The van der Waals surface area contributed by atoms with Gasteiger partial charge in [-0.3, -0.25) is 9.59 Å². The van der Waals surface area contributed by atoms with E-state index >= 15 is 0 Å². The second kappa shape index (κ2) is 7.36. The van der Waals surface area contributed by atoms with Crippen LogP contribution in [0.4, 0.5) is 0 Å². The molecule has 138 valence electrons. The van der Waals surface area contributed by atoms with E-state index in [0.717, 1.165) is 15.4 Å². The Morgan fingerprint density at radius 1 is 0.963 bits per heavy atom. The first kappa shape index (κ1) is 17.5. The van der Waals surface area contributed by atoms with Gasteiger partial charge in [0.15, 0.2) is 5.76 Å². The summed E-state index contributed by atoms with van der Waals surface area (Å²) in [4.78, 5) is 34.2. The van der Waals surface area contributed by atoms with Gasteiger partial charge in [-0.2, -0.15) is 0 Å². The lowest BCUT2D eigenvalue weighted by molar-refractivity contribution is 0.0515. The van der Waals surface area contributed by atoms with Crippen molar-refractivity contribution in [2.75, 3.05) is 26.2 Å². The first-order valence-corrected chi connectivity index (χ1v) is 9.60. The fourth-order valence-electron chi connectivity index (χ4n) is 3.12. The summed E-state index contributed by atoms with van der Waals surface area (Å²) in [5.41, 5.74) is 1.52. The molecule has 3 heterocycles. The van der Waals surface area contributed by atoms with E-state index in [0.29, 0.717) is 37.6 Å². The number of benzene rings is 1. The molecule has 0 radical (unpaired) electrons. The van der Waals surface area contributed by atoms with E-state index < -0.39 is 0 Å². The standard InChI is InChI=1S/C20H19N3O3S/c1-14-17(21-18(27-14)15-6-3-2-4-7-15)20(25)23-11-9-22(10-12-23)19(24)16-8-5-13-26-16/h2-8,13H,9-12H2,1H3. The Morgan fingerprint density at radius 3 is 2.26 bits per heavy atom. The van der Waals surface area contributed by atoms with E-state index in [9.17, 15) is 9.59 Å². The molecule has 0 spiro atoms. The fourth-order valence-corrected chi connectivity index (χ4v) is 4.03. The Kier molecular flexibility index (Phi) is 4.77. The van der Waals surface area contributed by atoms with Gasteiger partial charge < -0.3 is 14.2 Å². The van der Waals surface area contributed by atoms with Gasteiger partial charge in [-0.15, -0.1) is 11.3 Å². The highest BCUT2D eigenvalue weighted by Gasteiger charge is 2.28. The lowest BCUT2D eigenvalue weighted by Crippen LogP contribution is -2.50. The van der Waals surface area contributed by atoms with Gasteiger partial charge in [-0.25, -0.2) is 4.98 Å².